The molecule has 0 amide bonds. The van der Waals surface area contributed by atoms with Crippen molar-refractivity contribution in [2.75, 3.05) is 46.9 Å². The third kappa shape index (κ3) is 9.41. The number of benzene rings is 1. The molecule has 1 aromatic carbocycles. The highest BCUT2D eigenvalue weighted by Crippen LogP contribution is 2.21. The summed E-state index contributed by atoms with van der Waals surface area (Å²) in [7, 11) is 4.32. The highest BCUT2D eigenvalue weighted by atomic mass is 35.5. The smallest absolute Gasteiger partial charge is 0.119 e. The largest absolute Gasteiger partial charge is 0.492 e. The molecule has 23 heavy (non-hydrogen) atoms. The number of halogens is 2. The van der Waals surface area contributed by atoms with E-state index in [9.17, 15) is 0 Å². The first-order chi connectivity index (χ1) is 10.2. The number of likely N-dealkylation sites (tertiary alicyclic amines) is 1. The van der Waals surface area contributed by atoms with Crippen molar-refractivity contribution in [2.45, 2.75) is 25.7 Å². The van der Waals surface area contributed by atoms with Crippen LogP contribution >= 0.6 is 24.8 Å². The summed E-state index contributed by atoms with van der Waals surface area (Å²) in [5.41, 5.74) is 0. The standard InChI is InChI=1S/C18H30N2O.2ClH/c1-19(2)12-6-7-17-10-13-20(14-11-17)15-16-21-18-8-4-3-5-9-18;;/h3-5,8-9,17H,6-7,10-16H2,1-2H3;2*1H. The van der Waals surface area contributed by atoms with Gasteiger partial charge in [0.2, 0.25) is 0 Å². The molecule has 1 aromatic rings. The Labute approximate surface area is 154 Å². The molecular formula is C18H32Cl2N2O. The van der Waals surface area contributed by atoms with E-state index in [0.717, 1.165) is 24.8 Å². The van der Waals surface area contributed by atoms with Gasteiger partial charge in [-0.05, 0) is 77.5 Å². The first-order valence-electron chi connectivity index (χ1n) is 8.29. The molecule has 134 valence electrons. The van der Waals surface area contributed by atoms with Crippen LogP contribution in [0.4, 0.5) is 0 Å². The molecule has 0 bridgehead atoms. The van der Waals surface area contributed by atoms with Crippen molar-refractivity contribution in [2.24, 2.45) is 5.92 Å². The van der Waals surface area contributed by atoms with E-state index < -0.39 is 0 Å². The number of hydrogen-bond acceptors (Lipinski definition) is 3. The number of para-hydroxylation sites is 1. The van der Waals surface area contributed by atoms with Gasteiger partial charge < -0.3 is 9.64 Å². The maximum Gasteiger partial charge on any atom is 0.119 e. The molecule has 1 fully saturated rings. The first kappa shape index (κ1) is 22.5. The SMILES string of the molecule is CN(C)CCCC1CCN(CCOc2ccccc2)CC1.Cl.Cl. The van der Waals surface area contributed by atoms with Gasteiger partial charge in [-0.1, -0.05) is 18.2 Å². The molecule has 0 spiro atoms. The van der Waals surface area contributed by atoms with Gasteiger partial charge in [0.1, 0.15) is 12.4 Å². The maximum absolute atomic E-state index is 5.78. The van der Waals surface area contributed by atoms with E-state index in [1.54, 1.807) is 0 Å². The van der Waals surface area contributed by atoms with E-state index in [4.69, 9.17) is 4.74 Å². The summed E-state index contributed by atoms with van der Waals surface area (Å²) in [5, 5.41) is 0. The number of piperidine rings is 1. The van der Waals surface area contributed by atoms with Crippen LogP contribution in [0.2, 0.25) is 0 Å². The number of hydrogen-bond donors (Lipinski definition) is 0. The molecule has 0 N–H and O–H groups in total. The second-order valence-electron chi connectivity index (χ2n) is 6.39. The van der Waals surface area contributed by atoms with Gasteiger partial charge in [-0.3, -0.25) is 4.90 Å². The molecule has 0 unspecified atom stereocenters. The van der Waals surface area contributed by atoms with Crippen molar-refractivity contribution in [1.29, 1.82) is 0 Å². The molecule has 0 atom stereocenters. The molecule has 1 aliphatic heterocycles. The highest BCUT2D eigenvalue weighted by Gasteiger charge is 2.18. The topological polar surface area (TPSA) is 15.7 Å². The summed E-state index contributed by atoms with van der Waals surface area (Å²) in [6.45, 7) is 5.56. The molecule has 3 nitrogen and oxygen atoms in total. The van der Waals surface area contributed by atoms with Gasteiger partial charge in [0.25, 0.3) is 0 Å². The molecule has 1 saturated heterocycles. The van der Waals surface area contributed by atoms with Gasteiger partial charge in [-0.15, -0.1) is 24.8 Å². The van der Waals surface area contributed by atoms with Gasteiger partial charge in [-0.25, -0.2) is 0 Å². The number of ether oxygens (including phenoxy) is 1. The van der Waals surface area contributed by atoms with Gasteiger partial charge in [0.15, 0.2) is 0 Å². The molecule has 0 aromatic heterocycles. The zero-order chi connectivity index (χ0) is 14.9. The zero-order valence-corrected chi connectivity index (χ0v) is 16.1. The Hall–Kier alpha value is -0.480. The quantitative estimate of drug-likeness (QED) is 0.695. The van der Waals surface area contributed by atoms with Crippen LogP contribution in [0, 0.1) is 5.92 Å². The van der Waals surface area contributed by atoms with E-state index in [-0.39, 0.29) is 24.8 Å². The lowest BCUT2D eigenvalue weighted by Gasteiger charge is -2.32. The summed E-state index contributed by atoms with van der Waals surface area (Å²) in [6, 6.07) is 10.1. The van der Waals surface area contributed by atoms with Crippen molar-refractivity contribution in [3.05, 3.63) is 30.3 Å². The average molecular weight is 363 g/mol. The predicted molar refractivity (Wildman–Crippen MR) is 103 cm³/mol. The minimum absolute atomic E-state index is 0. The molecule has 2 rings (SSSR count). The molecule has 1 aliphatic rings. The van der Waals surface area contributed by atoms with Crippen molar-refractivity contribution < 1.29 is 4.74 Å². The predicted octanol–water partition coefficient (Wildman–Crippen LogP) is 3.96. The van der Waals surface area contributed by atoms with Crippen LogP contribution < -0.4 is 4.74 Å². The summed E-state index contributed by atoms with van der Waals surface area (Å²) >= 11 is 0. The lowest BCUT2D eigenvalue weighted by atomic mass is 9.92. The Bertz CT molecular complexity index is 382. The Morgan fingerprint density at radius 2 is 1.74 bits per heavy atom. The fourth-order valence-corrected chi connectivity index (χ4v) is 3.00. The number of nitrogens with zero attached hydrogens (tertiary/aromatic N) is 2. The summed E-state index contributed by atoms with van der Waals surface area (Å²) < 4.78 is 5.78. The van der Waals surface area contributed by atoms with E-state index >= 15 is 0 Å². The maximum atomic E-state index is 5.78. The van der Waals surface area contributed by atoms with Gasteiger partial charge >= 0.3 is 0 Å². The van der Waals surface area contributed by atoms with Crippen molar-refractivity contribution in [3.63, 3.8) is 0 Å². The second kappa shape index (κ2) is 12.9. The third-order valence-electron chi connectivity index (χ3n) is 4.34. The van der Waals surface area contributed by atoms with Gasteiger partial charge in [0, 0.05) is 6.54 Å². The Morgan fingerprint density at radius 3 is 2.35 bits per heavy atom. The fourth-order valence-electron chi connectivity index (χ4n) is 3.00. The van der Waals surface area contributed by atoms with E-state index in [2.05, 4.69) is 23.9 Å². The van der Waals surface area contributed by atoms with Crippen LogP contribution in [0.25, 0.3) is 0 Å². The first-order valence-corrected chi connectivity index (χ1v) is 8.29. The van der Waals surface area contributed by atoms with Crippen LogP contribution in [0.1, 0.15) is 25.7 Å². The normalized spacial score (nSPS) is 15.8. The molecule has 0 radical (unpaired) electrons. The van der Waals surface area contributed by atoms with Crippen molar-refractivity contribution in [1.82, 2.24) is 9.80 Å². The molecule has 5 heteroatoms. The Morgan fingerprint density at radius 1 is 1.09 bits per heavy atom. The number of rotatable bonds is 8. The average Bonchev–Trinajstić information content (AvgIpc) is 2.50. The van der Waals surface area contributed by atoms with E-state index in [1.807, 2.05) is 30.3 Å². The second-order valence-corrected chi connectivity index (χ2v) is 6.39. The summed E-state index contributed by atoms with van der Waals surface area (Å²) in [5.74, 6) is 1.92. The minimum Gasteiger partial charge on any atom is -0.492 e. The molecule has 0 saturated carbocycles. The summed E-state index contributed by atoms with van der Waals surface area (Å²) in [6.07, 6.45) is 5.46. The monoisotopic (exact) mass is 362 g/mol. The summed E-state index contributed by atoms with van der Waals surface area (Å²) in [4.78, 5) is 4.83. The van der Waals surface area contributed by atoms with Crippen molar-refractivity contribution >= 4 is 24.8 Å². The minimum atomic E-state index is 0. The van der Waals surface area contributed by atoms with Crippen molar-refractivity contribution in [3.8, 4) is 5.75 Å². The van der Waals surface area contributed by atoms with Crippen LogP contribution in [-0.2, 0) is 0 Å². The lowest BCUT2D eigenvalue weighted by Crippen LogP contribution is -2.36. The van der Waals surface area contributed by atoms with Crippen LogP contribution in [-0.4, -0.2) is 56.7 Å². The van der Waals surface area contributed by atoms with E-state index in [1.165, 1.54) is 45.3 Å². The van der Waals surface area contributed by atoms with E-state index in [0.29, 0.717) is 0 Å². The lowest BCUT2D eigenvalue weighted by molar-refractivity contribution is 0.149. The third-order valence-corrected chi connectivity index (χ3v) is 4.34. The molecule has 0 aliphatic carbocycles. The molecular weight excluding hydrogens is 331 g/mol. The molecule has 1 heterocycles. The fraction of sp³-hybridized carbons (Fsp3) is 0.667. The Kier molecular flexibility index (Phi) is 12.6. The van der Waals surface area contributed by atoms with Gasteiger partial charge in [0.05, 0.1) is 0 Å². The van der Waals surface area contributed by atoms with Crippen LogP contribution in [0.15, 0.2) is 30.3 Å². The van der Waals surface area contributed by atoms with Gasteiger partial charge in [-0.2, -0.15) is 0 Å². The Balaban J connectivity index is 0.00000242. The highest BCUT2D eigenvalue weighted by molar-refractivity contribution is 5.85. The van der Waals surface area contributed by atoms with Crippen LogP contribution in [0.3, 0.4) is 0 Å². The van der Waals surface area contributed by atoms with Crippen LogP contribution in [0.5, 0.6) is 5.75 Å². The zero-order valence-electron chi connectivity index (χ0n) is 14.4.